The lowest BCUT2D eigenvalue weighted by Gasteiger charge is -2.14. The third-order valence-electron chi connectivity index (χ3n) is 4.52. The van der Waals surface area contributed by atoms with Crippen LogP contribution in [0.5, 0.6) is 11.5 Å². The van der Waals surface area contributed by atoms with E-state index in [1.807, 2.05) is 13.8 Å². The molecule has 0 saturated carbocycles. The number of non-ortho nitro benzene ring substituents is 1. The van der Waals surface area contributed by atoms with Crippen molar-refractivity contribution in [3.05, 3.63) is 63.5 Å². The summed E-state index contributed by atoms with van der Waals surface area (Å²) in [4.78, 5) is 39.8. The molecular formula is C23H23N3O7S. The van der Waals surface area contributed by atoms with E-state index >= 15 is 0 Å². The van der Waals surface area contributed by atoms with Gasteiger partial charge in [0.25, 0.3) is 11.6 Å². The molecule has 1 heterocycles. The lowest BCUT2D eigenvalue weighted by Crippen LogP contribution is -2.30. The molecule has 1 amide bonds. The van der Waals surface area contributed by atoms with Gasteiger partial charge in [-0.15, -0.1) is 11.3 Å². The largest absolute Gasteiger partial charge is 0.490 e. The Morgan fingerprint density at radius 1 is 1.12 bits per heavy atom. The van der Waals surface area contributed by atoms with Gasteiger partial charge in [0.05, 0.1) is 29.4 Å². The summed E-state index contributed by atoms with van der Waals surface area (Å²) < 4.78 is 16.3. The molecule has 1 aromatic heterocycles. The van der Waals surface area contributed by atoms with Crippen molar-refractivity contribution in [1.29, 1.82) is 0 Å². The van der Waals surface area contributed by atoms with Gasteiger partial charge in [0.15, 0.2) is 22.7 Å². The zero-order valence-corrected chi connectivity index (χ0v) is 19.6. The van der Waals surface area contributed by atoms with Gasteiger partial charge in [-0.1, -0.05) is 12.1 Å². The van der Waals surface area contributed by atoms with Gasteiger partial charge in [0.1, 0.15) is 0 Å². The first kappa shape index (κ1) is 24.6. The number of hydrogen-bond acceptors (Lipinski definition) is 9. The van der Waals surface area contributed by atoms with Crippen molar-refractivity contribution in [3.63, 3.8) is 0 Å². The molecule has 0 unspecified atom stereocenters. The molecule has 0 bridgehead atoms. The number of thiazole rings is 1. The number of esters is 1. The van der Waals surface area contributed by atoms with Gasteiger partial charge in [-0.3, -0.25) is 20.2 Å². The molecule has 34 heavy (non-hydrogen) atoms. The summed E-state index contributed by atoms with van der Waals surface area (Å²) in [7, 11) is 0. The van der Waals surface area contributed by atoms with E-state index < -0.39 is 22.9 Å². The molecule has 0 aliphatic rings. The number of nitro benzene ring substituents is 1. The lowest BCUT2D eigenvalue weighted by atomic mass is 10.1. The van der Waals surface area contributed by atoms with Gasteiger partial charge >= 0.3 is 5.97 Å². The minimum absolute atomic E-state index is 0.0570. The first-order valence-electron chi connectivity index (χ1n) is 10.4. The Labute approximate surface area is 199 Å². The van der Waals surface area contributed by atoms with Crippen LogP contribution in [0.2, 0.25) is 0 Å². The number of benzene rings is 2. The average molecular weight is 486 g/mol. The van der Waals surface area contributed by atoms with Gasteiger partial charge in [0, 0.05) is 23.1 Å². The summed E-state index contributed by atoms with van der Waals surface area (Å²) in [6, 6.07) is 10.7. The highest BCUT2D eigenvalue weighted by Gasteiger charge is 2.21. The van der Waals surface area contributed by atoms with Gasteiger partial charge in [-0.2, -0.15) is 0 Å². The summed E-state index contributed by atoms with van der Waals surface area (Å²) in [6.07, 6.45) is -1.10. The molecule has 0 spiro atoms. The van der Waals surface area contributed by atoms with Crippen LogP contribution in [0.15, 0.2) is 47.8 Å². The molecule has 3 rings (SSSR count). The predicted octanol–water partition coefficient (Wildman–Crippen LogP) is 4.70. The van der Waals surface area contributed by atoms with Gasteiger partial charge in [-0.25, -0.2) is 9.78 Å². The van der Waals surface area contributed by atoms with E-state index in [-0.39, 0.29) is 16.4 Å². The van der Waals surface area contributed by atoms with Crippen LogP contribution in [0.4, 0.5) is 10.8 Å². The first-order valence-corrected chi connectivity index (χ1v) is 11.3. The molecule has 1 atom stereocenters. The summed E-state index contributed by atoms with van der Waals surface area (Å²) in [6.45, 7) is 5.94. The Kier molecular flexibility index (Phi) is 8.14. The van der Waals surface area contributed by atoms with E-state index in [0.717, 1.165) is 11.3 Å². The summed E-state index contributed by atoms with van der Waals surface area (Å²) in [5.41, 5.74) is 1.18. The van der Waals surface area contributed by atoms with Crippen LogP contribution in [0.1, 0.15) is 31.1 Å². The number of rotatable bonds is 10. The van der Waals surface area contributed by atoms with Crippen molar-refractivity contribution in [1.82, 2.24) is 4.98 Å². The van der Waals surface area contributed by atoms with Crippen molar-refractivity contribution < 1.29 is 28.7 Å². The molecular weight excluding hydrogens is 462 g/mol. The number of ether oxygens (including phenoxy) is 3. The Morgan fingerprint density at radius 3 is 2.56 bits per heavy atom. The molecule has 2 aromatic carbocycles. The van der Waals surface area contributed by atoms with Crippen molar-refractivity contribution in [2.75, 3.05) is 18.5 Å². The Balaban J connectivity index is 1.64. The number of nitrogens with zero attached hydrogens (tertiary/aromatic N) is 2. The fourth-order valence-electron chi connectivity index (χ4n) is 2.91. The Bertz CT molecular complexity index is 1190. The van der Waals surface area contributed by atoms with Crippen LogP contribution in [-0.2, 0) is 9.53 Å². The van der Waals surface area contributed by atoms with Crippen molar-refractivity contribution in [2.45, 2.75) is 26.9 Å². The second-order valence-corrected chi connectivity index (χ2v) is 7.77. The number of carbonyl (C=O) groups excluding carboxylic acids is 2. The van der Waals surface area contributed by atoms with Crippen molar-refractivity contribution in [3.8, 4) is 22.8 Å². The Hall–Kier alpha value is -3.99. The Morgan fingerprint density at radius 2 is 1.85 bits per heavy atom. The molecule has 10 nitrogen and oxygen atoms in total. The molecule has 1 N–H and O–H groups in total. The van der Waals surface area contributed by atoms with Crippen LogP contribution in [0, 0.1) is 10.1 Å². The SMILES string of the molecule is CCOc1ccc(C(=O)O[C@H](C)C(=O)Nc2nc(-c3cccc([N+](=O)[O-])c3)cs2)cc1OCC. The second-order valence-electron chi connectivity index (χ2n) is 6.91. The molecule has 0 fully saturated rings. The number of anilines is 1. The smallest absolute Gasteiger partial charge is 0.339 e. The predicted molar refractivity (Wildman–Crippen MR) is 126 cm³/mol. The van der Waals surface area contributed by atoms with E-state index in [1.54, 1.807) is 23.6 Å². The van der Waals surface area contributed by atoms with Gasteiger partial charge in [-0.05, 0) is 39.0 Å². The number of nitrogens with one attached hydrogen (secondary N) is 1. The van der Waals surface area contributed by atoms with Gasteiger partial charge < -0.3 is 14.2 Å². The third-order valence-corrected chi connectivity index (χ3v) is 5.28. The molecule has 3 aromatic rings. The number of aromatic nitrogens is 1. The second kappa shape index (κ2) is 11.2. The highest BCUT2D eigenvalue weighted by atomic mass is 32.1. The maximum absolute atomic E-state index is 12.5. The zero-order valence-electron chi connectivity index (χ0n) is 18.8. The lowest BCUT2D eigenvalue weighted by molar-refractivity contribution is -0.384. The highest BCUT2D eigenvalue weighted by Crippen LogP contribution is 2.29. The van der Waals surface area contributed by atoms with E-state index in [1.165, 1.54) is 31.2 Å². The summed E-state index contributed by atoms with van der Waals surface area (Å²) in [5.74, 6) is -0.338. The highest BCUT2D eigenvalue weighted by molar-refractivity contribution is 7.14. The fourth-order valence-corrected chi connectivity index (χ4v) is 3.63. The van der Waals surface area contributed by atoms with E-state index in [4.69, 9.17) is 14.2 Å². The monoisotopic (exact) mass is 485 g/mol. The number of nitro groups is 1. The number of carbonyl (C=O) groups is 2. The third kappa shape index (κ3) is 6.07. The van der Waals surface area contributed by atoms with Crippen LogP contribution in [0.25, 0.3) is 11.3 Å². The first-order chi connectivity index (χ1) is 16.3. The maximum atomic E-state index is 12.5. The summed E-state index contributed by atoms with van der Waals surface area (Å²) >= 11 is 1.15. The maximum Gasteiger partial charge on any atom is 0.339 e. The number of amides is 1. The normalized spacial score (nSPS) is 11.4. The quantitative estimate of drug-likeness (QED) is 0.248. The standard InChI is InChI=1S/C23H23N3O7S/c1-4-31-19-10-9-16(12-20(19)32-5-2)22(28)33-14(3)21(27)25-23-24-18(13-34-23)15-7-6-8-17(11-15)26(29)30/h6-14H,4-5H2,1-3H3,(H,24,25,27)/t14-/m1/s1. The molecule has 178 valence electrons. The molecule has 0 aliphatic carbocycles. The van der Waals surface area contributed by atoms with E-state index in [2.05, 4.69) is 10.3 Å². The van der Waals surface area contributed by atoms with Crippen LogP contribution < -0.4 is 14.8 Å². The summed E-state index contributed by atoms with van der Waals surface area (Å²) in [5, 5.41) is 15.5. The number of hydrogen-bond donors (Lipinski definition) is 1. The van der Waals surface area contributed by atoms with Crippen LogP contribution in [-0.4, -0.2) is 41.1 Å². The topological polar surface area (TPSA) is 130 Å². The molecule has 0 aliphatic heterocycles. The fraction of sp³-hybridized carbons (Fsp3) is 0.261. The molecule has 0 saturated heterocycles. The molecule has 11 heteroatoms. The average Bonchev–Trinajstić information content (AvgIpc) is 3.29. The minimum Gasteiger partial charge on any atom is -0.490 e. The zero-order chi connectivity index (χ0) is 24.7. The van der Waals surface area contributed by atoms with E-state index in [9.17, 15) is 19.7 Å². The van der Waals surface area contributed by atoms with Crippen molar-refractivity contribution in [2.24, 2.45) is 0 Å². The van der Waals surface area contributed by atoms with Crippen LogP contribution >= 0.6 is 11.3 Å². The van der Waals surface area contributed by atoms with Crippen LogP contribution in [0.3, 0.4) is 0 Å². The molecule has 0 radical (unpaired) electrons. The minimum atomic E-state index is -1.10. The van der Waals surface area contributed by atoms with Gasteiger partial charge in [0.2, 0.25) is 0 Å². The van der Waals surface area contributed by atoms with Crippen molar-refractivity contribution >= 4 is 34.0 Å². The van der Waals surface area contributed by atoms with E-state index in [0.29, 0.717) is 36.0 Å².